The third-order valence-electron chi connectivity index (χ3n) is 6.74. The minimum Gasteiger partial charge on any atom is -0.493 e. The minimum atomic E-state index is -0.406. The lowest BCUT2D eigenvalue weighted by Gasteiger charge is -2.20. The van der Waals surface area contributed by atoms with Crippen LogP contribution in [0, 0.1) is 13.8 Å². The molecule has 12 heteroatoms. The van der Waals surface area contributed by atoms with Crippen molar-refractivity contribution in [2.75, 3.05) is 26.8 Å². The number of ether oxygens (including phenoxy) is 3. The lowest BCUT2D eigenvalue weighted by Crippen LogP contribution is -2.44. The van der Waals surface area contributed by atoms with E-state index >= 15 is 0 Å². The highest BCUT2D eigenvalue weighted by Gasteiger charge is 2.37. The first-order valence-corrected chi connectivity index (χ1v) is 12.2. The van der Waals surface area contributed by atoms with Gasteiger partial charge in [-0.2, -0.15) is 0 Å². The number of likely N-dealkylation sites (tertiary alicyclic amines) is 1. The lowest BCUT2D eigenvalue weighted by molar-refractivity contribution is -0.130. The minimum absolute atomic E-state index is 0.0224. The number of carbonyl (C=O) groups excluding carboxylic acids is 2. The Balaban J connectivity index is 1.34. The second-order valence-corrected chi connectivity index (χ2v) is 9.22. The average Bonchev–Trinajstić information content (AvgIpc) is 3.60. The van der Waals surface area contributed by atoms with Gasteiger partial charge in [0.2, 0.25) is 5.91 Å². The molecule has 2 amide bonds. The Kier molecular flexibility index (Phi) is 7.08. The first kappa shape index (κ1) is 24.8. The predicted octanol–water partition coefficient (Wildman–Crippen LogP) is 1.44. The van der Waals surface area contributed by atoms with Crippen LogP contribution in [0.25, 0.3) is 0 Å². The van der Waals surface area contributed by atoms with Crippen molar-refractivity contribution in [2.45, 2.75) is 52.0 Å². The van der Waals surface area contributed by atoms with E-state index < -0.39 is 12.1 Å². The number of nitrogens with zero attached hydrogens (tertiary/aromatic N) is 5. The summed E-state index contributed by atoms with van der Waals surface area (Å²) in [6.07, 6.45) is 2.24. The molecule has 12 nitrogen and oxygen atoms in total. The van der Waals surface area contributed by atoms with Crippen LogP contribution < -0.4 is 14.8 Å². The molecular formula is C25H30N6O6. The standard InChI is InChI=1S/C25H30N6O6/c1-15-19(16(2)37-28-15)5-7-24(32)30-12-20-23(13-30)36-14-18-11-31(29-27-18)8-9-35-22-10-17(25(33)26-20)4-6-21(22)34-3/h4,6,10-11,20,23H,5,7-9,12-14H2,1-3H3,(H,26,33)/t20-,23-/m0/s1. The van der Waals surface area contributed by atoms with Crippen LogP contribution in [-0.4, -0.2) is 75.8 Å². The van der Waals surface area contributed by atoms with Crippen LogP contribution in [0.15, 0.2) is 28.9 Å². The molecule has 4 bridgehead atoms. The quantitative estimate of drug-likeness (QED) is 0.553. The van der Waals surface area contributed by atoms with Gasteiger partial charge in [0.15, 0.2) is 11.5 Å². The number of aryl methyl sites for hydroxylation is 2. The molecule has 0 saturated carbocycles. The molecule has 196 valence electrons. The molecule has 0 radical (unpaired) electrons. The maximum Gasteiger partial charge on any atom is 0.251 e. The Hall–Kier alpha value is -3.93. The largest absolute Gasteiger partial charge is 0.493 e. The van der Waals surface area contributed by atoms with Crippen LogP contribution in [0.1, 0.15) is 39.5 Å². The Bertz CT molecular complexity index is 1270. The smallest absolute Gasteiger partial charge is 0.251 e. The molecule has 1 saturated heterocycles. The molecule has 1 fully saturated rings. The molecule has 0 aliphatic carbocycles. The van der Waals surface area contributed by atoms with Gasteiger partial charge in [0.05, 0.1) is 44.3 Å². The number of aromatic nitrogens is 4. The SMILES string of the molecule is COc1ccc2cc1OCCn1cc(nn1)CO[C@H]1CN(C(=O)CCc3c(C)noc3C)C[C@@H]1NC2=O. The Labute approximate surface area is 213 Å². The fraction of sp³-hybridized carbons (Fsp3) is 0.480. The van der Waals surface area contributed by atoms with E-state index in [9.17, 15) is 9.59 Å². The Morgan fingerprint density at radius 1 is 1.27 bits per heavy atom. The van der Waals surface area contributed by atoms with Gasteiger partial charge in [-0.15, -0.1) is 5.10 Å². The van der Waals surface area contributed by atoms with Crippen LogP contribution in [0.3, 0.4) is 0 Å². The molecule has 1 aromatic carbocycles. The third-order valence-corrected chi connectivity index (χ3v) is 6.74. The van der Waals surface area contributed by atoms with Crippen LogP contribution in [0.5, 0.6) is 11.5 Å². The summed E-state index contributed by atoms with van der Waals surface area (Å²) in [5.74, 6) is 1.40. The van der Waals surface area contributed by atoms with Crippen molar-refractivity contribution in [1.82, 2.24) is 30.4 Å². The summed E-state index contributed by atoms with van der Waals surface area (Å²) in [7, 11) is 1.55. The van der Waals surface area contributed by atoms with Crippen molar-refractivity contribution in [3.8, 4) is 11.5 Å². The molecular weight excluding hydrogens is 480 g/mol. The van der Waals surface area contributed by atoms with Gasteiger partial charge in [0, 0.05) is 30.6 Å². The highest BCUT2D eigenvalue weighted by molar-refractivity contribution is 5.95. The van der Waals surface area contributed by atoms with E-state index in [4.69, 9.17) is 18.7 Å². The first-order valence-electron chi connectivity index (χ1n) is 12.2. The van der Waals surface area contributed by atoms with Crippen LogP contribution in [0.2, 0.25) is 0 Å². The molecule has 1 N–H and O–H groups in total. The molecule has 0 unspecified atom stereocenters. The molecule has 2 aromatic heterocycles. The summed E-state index contributed by atoms with van der Waals surface area (Å²) in [4.78, 5) is 28.0. The molecule has 0 spiro atoms. The van der Waals surface area contributed by atoms with Crippen LogP contribution in [0.4, 0.5) is 0 Å². The van der Waals surface area contributed by atoms with Crippen molar-refractivity contribution in [3.05, 3.63) is 52.7 Å². The van der Waals surface area contributed by atoms with Gasteiger partial charge in [0.1, 0.15) is 18.1 Å². The monoisotopic (exact) mass is 510 g/mol. The molecule has 5 rings (SSSR count). The van der Waals surface area contributed by atoms with Crippen LogP contribution >= 0.6 is 0 Å². The van der Waals surface area contributed by atoms with E-state index in [1.807, 2.05) is 13.8 Å². The third kappa shape index (κ3) is 5.43. The first-order chi connectivity index (χ1) is 17.9. The van der Waals surface area contributed by atoms with E-state index in [-0.39, 0.29) is 18.4 Å². The van der Waals surface area contributed by atoms with Gasteiger partial charge >= 0.3 is 0 Å². The summed E-state index contributed by atoms with van der Waals surface area (Å²) in [6.45, 7) is 5.40. The highest BCUT2D eigenvalue weighted by Crippen LogP contribution is 2.28. The fourth-order valence-corrected chi connectivity index (χ4v) is 4.67. The number of fused-ring (bicyclic) bond motifs is 5. The number of benzene rings is 1. The summed E-state index contributed by atoms with van der Waals surface area (Å²) >= 11 is 0. The Morgan fingerprint density at radius 3 is 2.92 bits per heavy atom. The van der Waals surface area contributed by atoms with E-state index in [1.54, 1.807) is 41.1 Å². The fourth-order valence-electron chi connectivity index (χ4n) is 4.67. The topological polar surface area (TPSA) is 134 Å². The number of nitrogens with one attached hydrogen (secondary N) is 1. The summed E-state index contributed by atoms with van der Waals surface area (Å²) in [5.41, 5.74) is 2.82. The van der Waals surface area contributed by atoms with E-state index in [0.29, 0.717) is 61.8 Å². The van der Waals surface area contributed by atoms with Crippen molar-refractivity contribution in [2.24, 2.45) is 0 Å². The van der Waals surface area contributed by atoms with Crippen molar-refractivity contribution < 1.29 is 28.3 Å². The molecule has 2 aliphatic rings. The van der Waals surface area contributed by atoms with Gasteiger partial charge in [-0.3, -0.25) is 9.59 Å². The number of hydrogen-bond donors (Lipinski definition) is 1. The molecule has 37 heavy (non-hydrogen) atoms. The van der Waals surface area contributed by atoms with E-state index in [2.05, 4.69) is 20.8 Å². The normalized spacial score (nSPS) is 19.9. The van der Waals surface area contributed by atoms with E-state index in [1.165, 1.54) is 0 Å². The average molecular weight is 511 g/mol. The van der Waals surface area contributed by atoms with Crippen molar-refractivity contribution in [3.63, 3.8) is 0 Å². The zero-order valence-electron chi connectivity index (χ0n) is 21.1. The maximum absolute atomic E-state index is 13.2. The van der Waals surface area contributed by atoms with Gasteiger partial charge in [-0.1, -0.05) is 10.4 Å². The number of rotatable bonds is 4. The maximum atomic E-state index is 13.2. The summed E-state index contributed by atoms with van der Waals surface area (Å²) in [5, 5.41) is 15.3. The van der Waals surface area contributed by atoms with Crippen LogP contribution in [-0.2, 0) is 29.1 Å². The Morgan fingerprint density at radius 2 is 2.14 bits per heavy atom. The lowest BCUT2D eigenvalue weighted by atomic mass is 10.1. The number of carbonyl (C=O) groups is 2. The zero-order chi connectivity index (χ0) is 25.9. The second-order valence-electron chi connectivity index (χ2n) is 9.22. The van der Waals surface area contributed by atoms with Gasteiger partial charge in [0.25, 0.3) is 5.91 Å². The number of amides is 2. The zero-order valence-corrected chi connectivity index (χ0v) is 21.1. The van der Waals surface area contributed by atoms with Gasteiger partial charge in [-0.25, -0.2) is 4.68 Å². The summed E-state index contributed by atoms with van der Waals surface area (Å²) < 4.78 is 24.3. The van der Waals surface area contributed by atoms with Gasteiger partial charge < -0.3 is 29.0 Å². The molecule has 2 atom stereocenters. The van der Waals surface area contributed by atoms with Crippen molar-refractivity contribution in [1.29, 1.82) is 0 Å². The molecule has 4 heterocycles. The molecule has 2 aliphatic heterocycles. The number of methoxy groups -OCH3 is 1. The van der Waals surface area contributed by atoms with Gasteiger partial charge in [-0.05, 0) is 38.5 Å². The van der Waals surface area contributed by atoms with E-state index in [0.717, 1.165) is 17.0 Å². The predicted molar refractivity (Wildman–Crippen MR) is 129 cm³/mol. The highest BCUT2D eigenvalue weighted by atomic mass is 16.5. The summed E-state index contributed by atoms with van der Waals surface area (Å²) in [6, 6.07) is 4.63. The molecule has 3 aromatic rings. The van der Waals surface area contributed by atoms with Crippen molar-refractivity contribution >= 4 is 11.8 Å². The second kappa shape index (κ2) is 10.6. The number of hydrogen-bond acceptors (Lipinski definition) is 9.